The lowest BCUT2D eigenvalue weighted by atomic mass is 10.0. The zero-order chi connectivity index (χ0) is 33.3. The number of unbranched alkanes of at least 4 members (excludes halogenated alkanes) is 1. The highest BCUT2D eigenvalue weighted by atomic mass is 35.5. The summed E-state index contributed by atoms with van der Waals surface area (Å²) in [5.74, 6) is -0.976. The summed E-state index contributed by atoms with van der Waals surface area (Å²) in [6.07, 6.45) is 1.81. The number of hydrogen-bond donors (Lipinski definition) is 1. The predicted molar refractivity (Wildman–Crippen MR) is 186 cm³/mol. The number of halogens is 4. The Labute approximate surface area is 290 Å². The SMILES string of the molecule is CCCCNC(=O)C(Cc1ccccc1)N(Cc1ccc(Cl)c(Cl)c1)C(=O)CN(c1cccc(Cl)c1)S(=O)(=O)c1ccc(Cl)cc1. The number of amides is 2. The van der Waals surface area contributed by atoms with E-state index in [0.717, 1.165) is 22.7 Å². The normalized spacial score (nSPS) is 11.9. The molecule has 2 amide bonds. The lowest BCUT2D eigenvalue weighted by molar-refractivity contribution is -0.140. The lowest BCUT2D eigenvalue weighted by Crippen LogP contribution is -2.53. The molecule has 0 aromatic heterocycles. The first kappa shape index (κ1) is 35.6. The second-order valence-electron chi connectivity index (χ2n) is 10.6. The highest BCUT2D eigenvalue weighted by Crippen LogP contribution is 2.29. The van der Waals surface area contributed by atoms with Crippen LogP contribution in [0.3, 0.4) is 0 Å². The summed E-state index contributed by atoms with van der Waals surface area (Å²) in [6, 6.07) is 25.1. The molecule has 0 aliphatic heterocycles. The van der Waals surface area contributed by atoms with Gasteiger partial charge >= 0.3 is 0 Å². The molecule has 4 aromatic rings. The molecule has 0 radical (unpaired) electrons. The van der Waals surface area contributed by atoms with Crippen molar-refractivity contribution in [3.8, 4) is 0 Å². The highest BCUT2D eigenvalue weighted by Gasteiger charge is 2.34. The van der Waals surface area contributed by atoms with Crippen LogP contribution in [-0.2, 0) is 32.6 Å². The number of hydrogen-bond acceptors (Lipinski definition) is 4. The van der Waals surface area contributed by atoms with Gasteiger partial charge in [0.05, 0.1) is 20.6 Å². The Kier molecular flexibility index (Phi) is 12.8. The van der Waals surface area contributed by atoms with Crippen LogP contribution in [0.4, 0.5) is 5.69 Å². The fraction of sp³-hybridized carbons (Fsp3) is 0.235. The van der Waals surface area contributed by atoms with Gasteiger partial charge in [-0.3, -0.25) is 13.9 Å². The first-order valence-corrected chi connectivity index (χ1v) is 17.5. The van der Waals surface area contributed by atoms with Gasteiger partial charge in [-0.05, 0) is 72.1 Å². The van der Waals surface area contributed by atoms with E-state index >= 15 is 0 Å². The monoisotopic (exact) mass is 719 g/mol. The van der Waals surface area contributed by atoms with Crippen molar-refractivity contribution >= 4 is 73.9 Å². The summed E-state index contributed by atoms with van der Waals surface area (Å²) in [5, 5.41) is 4.22. The number of carbonyl (C=O) groups is 2. The third-order valence-corrected chi connectivity index (χ3v) is 10.2. The Morgan fingerprint density at radius 3 is 2.15 bits per heavy atom. The molecule has 12 heteroatoms. The maximum atomic E-state index is 14.5. The summed E-state index contributed by atoms with van der Waals surface area (Å²) < 4.78 is 29.1. The average molecular weight is 722 g/mol. The van der Waals surface area contributed by atoms with Crippen LogP contribution < -0.4 is 9.62 Å². The molecule has 0 saturated heterocycles. The summed E-state index contributed by atoms with van der Waals surface area (Å²) >= 11 is 24.8. The molecule has 0 spiro atoms. The van der Waals surface area contributed by atoms with Crippen LogP contribution in [0.1, 0.15) is 30.9 Å². The van der Waals surface area contributed by atoms with Crippen molar-refractivity contribution in [2.75, 3.05) is 17.4 Å². The van der Waals surface area contributed by atoms with Crippen LogP contribution in [0.25, 0.3) is 0 Å². The van der Waals surface area contributed by atoms with Gasteiger partial charge in [0.25, 0.3) is 10.0 Å². The van der Waals surface area contributed by atoms with Crippen LogP contribution in [0, 0.1) is 0 Å². The van der Waals surface area contributed by atoms with Gasteiger partial charge in [-0.2, -0.15) is 0 Å². The van der Waals surface area contributed by atoms with Crippen LogP contribution in [0.15, 0.2) is 102 Å². The summed E-state index contributed by atoms with van der Waals surface area (Å²) in [7, 11) is -4.29. The Bertz CT molecular complexity index is 1760. The third kappa shape index (κ3) is 9.39. The molecule has 0 bridgehead atoms. The number of anilines is 1. The first-order chi connectivity index (χ1) is 22.0. The molecule has 1 atom stereocenters. The van der Waals surface area contributed by atoms with Gasteiger partial charge in [0.2, 0.25) is 11.8 Å². The van der Waals surface area contributed by atoms with E-state index in [1.807, 2.05) is 37.3 Å². The number of nitrogens with one attached hydrogen (secondary N) is 1. The van der Waals surface area contributed by atoms with E-state index in [-0.39, 0.29) is 39.5 Å². The highest BCUT2D eigenvalue weighted by molar-refractivity contribution is 7.92. The Balaban J connectivity index is 1.80. The Morgan fingerprint density at radius 1 is 0.783 bits per heavy atom. The molecule has 7 nitrogen and oxygen atoms in total. The number of carbonyl (C=O) groups excluding carboxylic acids is 2. The summed E-state index contributed by atoms with van der Waals surface area (Å²) in [4.78, 5) is 29.6. The quantitative estimate of drug-likeness (QED) is 0.134. The van der Waals surface area contributed by atoms with Crippen molar-refractivity contribution < 1.29 is 18.0 Å². The standard InChI is InChI=1S/C34H33Cl4N3O4S/c1-2-3-18-39-34(43)32(20-24-8-5-4-6-9-24)40(22-25-12-17-30(37)31(38)19-25)33(42)23-41(28-11-7-10-27(36)21-28)46(44,45)29-15-13-26(35)14-16-29/h4-17,19,21,32H,2-3,18,20,22-23H2,1H3,(H,39,43). The summed E-state index contributed by atoms with van der Waals surface area (Å²) in [5.41, 5.74) is 1.61. The third-order valence-electron chi connectivity index (χ3n) is 7.21. The zero-order valence-electron chi connectivity index (χ0n) is 25.0. The van der Waals surface area contributed by atoms with E-state index in [0.29, 0.717) is 22.2 Å². The number of sulfonamides is 1. The fourth-order valence-electron chi connectivity index (χ4n) is 4.79. The van der Waals surface area contributed by atoms with E-state index in [9.17, 15) is 18.0 Å². The smallest absolute Gasteiger partial charge is 0.264 e. The maximum absolute atomic E-state index is 14.5. The molecule has 0 saturated carbocycles. The van der Waals surface area contributed by atoms with Crippen LogP contribution in [0.2, 0.25) is 20.1 Å². The molecule has 46 heavy (non-hydrogen) atoms. The second kappa shape index (κ2) is 16.5. The largest absolute Gasteiger partial charge is 0.354 e. The van der Waals surface area contributed by atoms with Gasteiger partial charge in [-0.25, -0.2) is 8.42 Å². The van der Waals surface area contributed by atoms with Crippen molar-refractivity contribution in [3.63, 3.8) is 0 Å². The lowest BCUT2D eigenvalue weighted by Gasteiger charge is -2.34. The molecular weight excluding hydrogens is 688 g/mol. The molecule has 242 valence electrons. The molecule has 1 N–H and O–H groups in total. The van der Waals surface area contributed by atoms with Gasteiger partial charge < -0.3 is 10.2 Å². The predicted octanol–water partition coefficient (Wildman–Crippen LogP) is 8.05. The second-order valence-corrected chi connectivity index (χ2v) is 14.1. The topological polar surface area (TPSA) is 86.8 Å². The zero-order valence-corrected chi connectivity index (χ0v) is 28.8. The molecule has 1 unspecified atom stereocenters. The van der Waals surface area contributed by atoms with Crippen molar-refractivity contribution in [1.82, 2.24) is 10.2 Å². The Hall–Kier alpha value is -3.27. The van der Waals surface area contributed by atoms with Gasteiger partial charge in [-0.15, -0.1) is 0 Å². The van der Waals surface area contributed by atoms with Crippen molar-refractivity contribution in [2.24, 2.45) is 0 Å². The molecule has 4 rings (SSSR count). The summed E-state index contributed by atoms with van der Waals surface area (Å²) in [6.45, 7) is 1.77. The van der Waals surface area contributed by atoms with E-state index in [1.54, 1.807) is 36.4 Å². The fourth-order valence-corrected chi connectivity index (χ4v) is 6.83. The van der Waals surface area contributed by atoms with Crippen LogP contribution >= 0.6 is 46.4 Å². The van der Waals surface area contributed by atoms with Crippen molar-refractivity contribution in [3.05, 3.63) is 128 Å². The van der Waals surface area contributed by atoms with E-state index in [2.05, 4.69) is 5.32 Å². The minimum absolute atomic E-state index is 0.0429. The molecule has 4 aromatic carbocycles. The van der Waals surface area contributed by atoms with Crippen LogP contribution in [-0.4, -0.2) is 44.3 Å². The first-order valence-electron chi connectivity index (χ1n) is 14.6. The van der Waals surface area contributed by atoms with Crippen molar-refractivity contribution in [2.45, 2.75) is 43.7 Å². The number of benzene rings is 4. The van der Waals surface area contributed by atoms with Gasteiger partial charge in [0.1, 0.15) is 12.6 Å². The van der Waals surface area contributed by atoms with Crippen molar-refractivity contribution in [1.29, 1.82) is 0 Å². The number of rotatable bonds is 14. The maximum Gasteiger partial charge on any atom is 0.264 e. The van der Waals surface area contributed by atoms with E-state index in [4.69, 9.17) is 46.4 Å². The molecule has 0 aliphatic carbocycles. The van der Waals surface area contributed by atoms with Gasteiger partial charge in [0, 0.05) is 29.6 Å². The molecule has 0 aliphatic rings. The molecule has 0 heterocycles. The van der Waals surface area contributed by atoms with Gasteiger partial charge in [0.15, 0.2) is 0 Å². The van der Waals surface area contributed by atoms with Crippen LogP contribution in [0.5, 0.6) is 0 Å². The van der Waals surface area contributed by atoms with E-state index in [1.165, 1.54) is 35.2 Å². The number of nitrogens with zero attached hydrogens (tertiary/aromatic N) is 2. The molecule has 0 fully saturated rings. The Morgan fingerprint density at radius 2 is 1.50 bits per heavy atom. The molecular formula is C34H33Cl4N3O4S. The van der Waals surface area contributed by atoms with Gasteiger partial charge in [-0.1, -0.05) is 102 Å². The average Bonchev–Trinajstić information content (AvgIpc) is 3.03. The minimum atomic E-state index is -4.29. The minimum Gasteiger partial charge on any atom is -0.354 e. The van der Waals surface area contributed by atoms with E-state index < -0.39 is 28.5 Å².